The van der Waals surface area contributed by atoms with E-state index in [1.165, 1.54) is 12.1 Å². The molecular formula is C15H11FN2O2. The van der Waals surface area contributed by atoms with Gasteiger partial charge in [0.25, 0.3) is 0 Å². The Balaban J connectivity index is 2.01. The number of rotatable bonds is 1. The third-order valence-electron chi connectivity index (χ3n) is 3.83. The van der Waals surface area contributed by atoms with Gasteiger partial charge in [0.05, 0.1) is 29.2 Å². The highest BCUT2D eigenvalue weighted by Crippen LogP contribution is 2.38. The first-order chi connectivity index (χ1) is 9.63. The highest BCUT2D eigenvalue weighted by atomic mass is 19.1. The SMILES string of the molecule is N#Cc1ccc(N2C(=O)C3CC=CCC3C2=O)c(F)c1. The molecule has 100 valence electrons. The second-order valence-corrected chi connectivity index (χ2v) is 4.95. The molecule has 4 nitrogen and oxygen atoms in total. The van der Waals surface area contributed by atoms with Crippen molar-refractivity contribution in [1.29, 1.82) is 5.26 Å². The highest BCUT2D eigenvalue weighted by Gasteiger charge is 2.48. The zero-order chi connectivity index (χ0) is 14.3. The van der Waals surface area contributed by atoms with Crippen LogP contribution in [-0.4, -0.2) is 11.8 Å². The summed E-state index contributed by atoms with van der Waals surface area (Å²) in [6.45, 7) is 0. The van der Waals surface area contributed by atoms with E-state index in [4.69, 9.17) is 5.26 Å². The topological polar surface area (TPSA) is 61.2 Å². The monoisotopic (exact) mass is 270 g/mol. The molecule has 0 radical (unpaired) electrons. The number of carbonyl (C=O) groups excluding carboxylic acids is 2. The van der Waals surface area contributed by atoms with Gasteiger partial charge in [-0.1, -0.05) is 12.2 Å². The molecule has 1 fully saturated rings. The third-order valence-corrected chi connectivity index (χ3v) is 3.83. The van der Waals surface area contributed by atoms with E-state index < -0.39 is 5.82 Å². The zero-order valence-electron chi connectivity index (χ0n) is 10.5. The predicted octanol–water partition coefficient (Wildman–Crippen LogP) is 2.15. The van der Waals surface area contributed by atoms with Crippen LogP contribution in [0, 0.1) is 29.0 Å². The molecule has 2 amide bonds. The molecular weight excluding hydrogens is 259 g/mol. The smallest absolute Gasteiger partial charge is 0.238 e. The van der Waals surface area contributed by atoms with Crippen LogP contribution in [0.3, 0.4) is 0 Å². The molecule has 2 unspecified atom stereocenters. The number of imide groups is 1. The summed E-state index contributed by atoms with van der Waals surface area (Å²) in [4.78, 5) is 25.5. The molecule has 1 saturated heterocycles. The Morgan fingerprint density at radius 3 is 2.25 bits per heavy atom. The lowest BCUT2D eigenvalue weighted by Gasteiger charge is -2.15. The van der Waals surface area contributed by atoms with Crippen molar-refractivity contribution < 1.29 is 14.0 Å². The molecule has 0 N–H and O–H groups in total. The quantitative estimate of drug-likeness (QED) is 0.580. The summed E-state index contributed by atoms with van der Waals surface area (Å²) in [6, 6.07) is 5.57. The lowest BCUT2D eigenvalue weighted by Crippen LogP contribution is -2.31. The molecule has 2 atom stereocenters. The van der Waals surface area contributed by atoms with Crippen LogP contribution in [0.1, 0.15) is 18.4 Å². The number of benzene rings is 1. The minimum Gasteiger partial charge on any atom is -0.274 e. The van der Waals surface area contributed by atoms with Gasteiger partial charge in [0.2, 0.25) is 11.8 Å². The van der Waals surface area contributed by atoms with E-state index in [2.05, 4.69) is 0 Å². The molecule has 1 aliphatic carbocycles. The van der Waals surface area contributed by atoms with Crippen molar-refractivity contribution >= 4 is 17.5 Å². The van der Waals surface area contributed by atoms with Crippen LogP contribution >= 0.6 is 0 Å². The van der Waals surface area contributed by atoms with Crippen molar-refractivity contribution in [2.75, 3.05) is 4.90 Å². The average molecular weight is 270 g/mol. The number of allylic oxidation sites excluding steroid dienone is 2. The Bertz CT molecular complexity index is 649. The van der Waals surface area contributed by atoms with E-state index in [-0.39, 0.29) is 34.9 Å². The summed E-state index contributed by atoms with van der Waals surface area (Å²) in [5.74, 6) is -2.21. The standard InChI is InChI=1S/C15H11FN2O2/c16-12-7-9(8-17)5-6-13(12)18-14(19)10-3-1-2-4-11(10)15(18)20/h1-2,5-7,10-11H,3-4H2. The minimum atomic E-state index is -0.725. The summed E-state index contributed by atoms with van der Waals surface area (Å²) in [7, 11) is 0. The second-order valence-electron chi connectivity index (χ2n) is 4.95. The van der Waals surface area contributed by atoms with Crippen LogP contribution in [0.15, 0.2) is 30.4 Å². The summed E-state index contributed by atoms with van der Waals surface area (Å²) in [6.07, 6.45) is 4.79. The van der Waals surface area contributed by atoms with Crippen LogP contribution in [0.5, 0.6) is 0 Å². The number of hydrogen-bond donors (Lipinski definition) is 0. The van der Waals surface area contributed by atoms with Crippen LogP contribution < -0.4 is 4.90 Å². The lowest BCUT2D eigenvalue weighted by molar-refractivity contribution is -0.122. The first kappa shape index (κ1) is 12.5. The number of anilines is 1. The van der Waals surface area contributed by atoms with Gasteiger partial charge in [0.1, 0.15) is 5.82 Å². The fraction of sp³-hybridized carbons (Fsp3) is 0.267. The van der Waals surface area contributed by atoms with E-state index in [1.54, 1.807) is 0 Å². The van der Waals surface area contributed by atoms with E-state index >= 15 is 0 Å². The van der Waals surface area contributed by atoms with Crippen molar-refractivity contribution in [2.45, 2.75) is 12.8 Å². The van der Waals surface area contributed by atoms with Gasteiger partial charge < -0.3 is 0 Å². The molecule has 1 aliphatic heterocycles. The van der Waals surface area contributed by atoms with Crippen molar-refractivity contribution in [3.05, 3.63) is 41.7 Å². The summed E-state index contributed by atoms with van der Waals surface area (Å²) >= 11 is 0. The Labute approximate surface area is 115 Å². The number of hydrogen-bond acceptors (Lipinski definition) is 3. The Morgan fingerprint density at radius 2 is 1.75 bits per heavy atom. The number of nitriles is 1. The lowest BCUT2D eigenvalue weighted by atomic mass is 9.85. The summed E-state index contributed by atoms with van der Waals surface area (Å²) < 4.78 is 14.0. The third kappa shape index (κ3) is 1.73. The van der Waals surface area contributed by atoms with Gasteiger partial charge in [-0.15, -0.1) is 0 Å². The first-order valence-corrected chi connectivity index (χ1v) is 6.36. The number of carbonyl (C=O) groups is 2. The molecule has 0 bridgehead atoms. The van der Waals surface area contributed by atoms with Gasteiger partial charge in [-0.05, 0) is 31.0 Å². The van der Waals surface area contributed by atoms with Crippen LogP contribution in [0.2, 0.25) is 0 Å². The molecule has 1 heterocycles. The van der Waals surface area contributed by atoms with Gasteiger partial charge >= 0.3 is 0 Å². The van der Waals surface area contributed by atoms with Crippen molar-refractivity contribution in [2.24, 2.45) is 11.8 Å². The van der Waals surface area contributed by atoms with Crippen LogP contribution in [0.25, 0.3) is 0 Å². The Kier molecular flexibility index (Phi) is 2.87. The number of amides is 2. The van der Waals surface area contributed by atoms with Gasteiger partial charge in [-0.2, -0.15) is 5.26 Å². The maximum atomic E-state index is 14.0. The summed E-state index contributed by atoms with van der Waals surface area (Å²) in [5.41, 5.74) is 0.0952. The predicted molar refractivity (Wildman–Crippen MR) is 69.0 cm³/mol. The van der Waals surface area contributed by atoms with E-state index in [0.29, 0.717) is 12.8 Å². The zero-order valence-corrected chi connectivity index (χ0v) is 10.5. The number of nitrogens with zero attached hydrogens (tertiary/aromatic N) is 2. The fourth-order valence-electron chi connectivity index (χ4n) is 2.80. The van der Waals surface area contributed by atoms with E-state index in [0.717, 1.165) is 11.0 Å². The van der Waals surface area contributed by atoms with Gasteiger partial charge in [0, 0.05) is 0 Å². The number of fused-ring (bicyclic) bond motifs is 1. The Morgan fingerprint density at radius 1 is 1.15 bits per heavy atom. The van der Waals surface area contributed by atoms with Gasteiger partial charge in [-0.25, -0.2) is 9.29 Å². The largest absolute Gasteiger partial charge is 0.274 e. The normalized spacial score (nSPS) is 24.7. The average Bonchev–Trinajstić information content (AvgIpc) is 2.72. The molecule has 5 heteroatoms. The molecule has 1 aromatic rings. The maximum absolute atomic E-state index is 14.0. The molecule has 0 aromatic heterocycles. The van der Waals surface area contributed by atoms with Gasteiger partial charge in [-0.3, -0.25) is 9.59 Å². The number of halogens is 1. The maximum Gasteiger partial charge on any atom is 0.238 e. The first-order valence-electron chi connectivity index (χ1n) is 6.36. The molecule has 3 rings (SSSR count). The highest BCUT2D eigenvalue weighted by molar-refractivity contribution is 6.22. The fourth-order valence-corrected chi connectivity index (χ4v) is 2.80. The van der Waals surface area contributed by atoms with Crippen molar-refractivity contribution in [3.8, 4) is 6.07 Å². The van der Waals surface area contributed by atoms with Gasteiger partial charge in [0.15, 0.2) is 0 Å². The summed E-state index contributed by atoms with van der Waals surface area (Å²) in [5, 5.41) is 8.72. The van der Waals surface area contributed by atoms with Crippen LogP contribution in [0.4, 0.5) is 10.1 Å². The molecule has 1 aromatic carbocycles. The Hall–Kier alpha value is -2.48. The van der Waals surface area contributed by atoms with E-state index in [1.807, 2.05) is 18.2 Å². The molecule has 20 heavy (non-hydrogen) atoms. The van der Waals surface area contributed by atoms with E-state index in [9.17, 15) is 14.0 Å². The van der Waals surface area contributed by atoms with Crippen molar-refractivity contribution in [1.82, 2.24) is 0 Å². The van der Waals surface area contributed by atoms with Crippen LogP contribution in [-0.2, 0) is 9.59 Å². The molecule has 0 saturated carbocycles. The molecule has 2 aliphatic rings. The molecule has 0 spiro atoms. The minimum absolute atomic E-state index is 0.0617. The second kappa shape index (κ2) is 4.57. The van der Waals surface area contributed by atoms with Crippen molar-refractivity contribution in [3.63, 3.8) is 0 Å².